The molecule has 1 fully saturated rings. The molecule has 3 heterocycles. The van der Waals surface area contributed by atoms with Gasteiger partial charge in [0.05, 0.1) is 25.5 Å². The van der Waals surface area contributed by atoms with E-state index >= 15 is 0 Å². The number of carbonyl (C=O) groups is 1. The normalized spacial score (nSPS) is 20.1. The molecule has 1 saturated heterocycles. The monoisotopic (exact) mass is 328 g/mol. The van der Waals surface area contributed by atoms with E-state index in [-0.39, 0.29) is 5.91 Å². The molecule has 6 nitrogen and oxygen atoms in total. The van der Waals surface area contributed by atoms with Crippen molar-refractivity contribution in [3.05, 3.63) is 48.0 Å². The molecular formula is C17H17FN4O2. The van der Waals surface area contributed by atoms with Gasteiger partial charge in [-0.05, 0) is 18.1 Å². The standard InChI is InChI=1S/C17H17FN4O2/c18-13-9-19-17(20-10-13)21-7-8-24-15(11-21)16(23)22-6-5-12-3-1-2-4-14(12)22/h1-4,9-10,15H,5-8,11H2. The topological polar surface area (TPSA) is 58.6 Å². The number of rotatable bonds is 2. The van der Waals surface area contributed by atoms with Crippen LogP contribution in [0.3, 0.4) is 0 Å². The number of morpholine rings is 1. The molecule has 24 heavy (non-hydrogen) atoms. The summed E-state index contributed by atoms with van der Waals surface area (Å²) < 4.78 is 18.7. The number of hydrogen-bond acceptors (Lipinski definition) is 5. The minimum Gasteiger partial charge on any atom is -0.365 e. The summed E-state index contributed by atoms with van der Waals surface area (Å²) in [6.07, 6.45) is 2.55. The molecule has 0 N–H and O–H groups in total. The second-order valence-electron chi connectivity index (χ2n) is 5.88. The van der Waals surface area contributed by atoms with Gasteiger partial charge in [-0.2, -0.15) is 0 Å². The van der Waals surface area contributed by atoms with Crippen LogP contribution in [0.1, 0.15) is 5.56 Å². The average molecular weight is 328 g/mol. The van der Waals surface area contributed by atoms with Crippen LogP contribution in [0, 0.1) is 5.82 Å². The maximum absolute atomic E-state index is 13.0. The van der Waals surface area contributed by atoms with Gasteiger partial charge in [0.15, 0.2) is 11.9 Å². The van der Waals surface area contributed by atoms with E-state index in [1.165, 1.54) is 5.56 Å². The third kappa shape index (κ3) is 2.71. The number of hydrogen-bond donors (Lipinski definition) is 0. The summed E-state index contributed by atoms with van der Waals surface area (Å²) >= 11 is 0. The number of carbonyl (C=O) groups excluding carboxylic acids is 1. The van der Waals surface area contributed by atoms with E-state index in [2.05, 4.69) is 9.97 Å². The van der Waals surface area contributed by atoms with Crippen LogP contribution >= 0.6 is 0 Å². The Balaban J connectivity index is 1.50. The Kier molecular flexibility index (Phi) is 3.86. The lowest BCUT2D eigenvalue weighted by molar-refractivity contribution is -0.130. The molecular weight excluding hydrogens is 311 g/mol. The third-order valence-electron chi connectivity index (χ3n) is 4.38. The SMILES string of the molecule is O=C(C1CN(c2ncc(F)cn2)CCO1)N1CCc2ccccc21. The number of ether oxygens (including phenoxy) is 1. The zero-order chi connectivity index (χ0) is 16.5. The van der Waals surface area contributed by atoms with Crippen molar-refractivity contribution in [1.29, 1.82) is 0 Å². The van der Waals surface area contributed by atoms with Crippen LogP contribution in [-0.4, -0.2) is 48.2 Å². The summed E-state index contributed by atoms with van der Waals surface area (Å²) in [6.45, 7) is 2.02. The van der Waals surface area contributed by atoms with Crippen molar-refractivity contribution in [3.63, 3.8) is 0 Å². The molecule has 1 unspecified atom stereocenters. The predicted molar refractivity (Wildman–Crippen MR) is 86.4 cm³/mol. The Hall–Kier alpha value is -2.54. The molecule has 7 heteroatoms. The van der Waals surface area contributed by atoms with Crippen LogP contribution in [0.4, 0.5) is 16.0 Å². The highest BCUT2D eigenvalue weighted by molar-refractivity contribution is 5.98. The number of amides is 1. The van der Waals surface area contributed by atoms with Crippen molar-refractivity contribution >= 4 is 17.5 Å². The Bertz CT molecular complexity index is 753. The highest BCUT2D eigenvalue weighted by atomic mass is 19.1. The lowest BCUT2D eigenvalue weighted by Crippen LogP contribution is -2.51. The number of aromatic nitrogens is 2. The van der Waals surface area contributed by atoms with Crippen LogP contribution in [0.5, 0.6) is 0 Å². The molecule has 0 radical (unpaired) electrons. The minimum absolute atomic E-state index is 0.0493. The maximum atomic E-state index is 13.0. The van der Waals surface area contributed by atoms with Gasteiger partial charge >= 0.3 is 0 Å². The summed E-state index contributed by atoms with van der Waals surface area (Å²) in [6, 6.07) is 7.93. The lowest BCUT2D eigenvalue weighted by atomic mass is 10.2. The Labute approximate surface area is 138 Å². The van der Waals surface area contributed by atoms with E-state index in [0.717, 1.165) is 24.5 Å². The molecule has 2 aliphatic heterocycles. The number of para-hydroxylation sites is 1. The van der Waals surface area contributed by atoms with Gasteiger partial charge in [0.1, 0.15) is 0 Å². The first-order valence-electron chi connectivity index (χ1n) is 7.96. The van der Waals surface area contributed by atoms with E-state index in [4.69, 9.17) is 4.74 Å². The predicted octanol–water partition coefficient (Wildman–Crippen LogP) is 1.41. The maximum Gasteiger partial charge on any atom is 0.257 e. The first kappa shape index (κ1) is 15.0. The molecule has 0 spiro atoms. The number of halogens is 1. The van der Waals surface area contributed by atoms with Gasteiger partial charge in [0.25, 0.3) is 5.91 Å². The summed E-state index contributed by atoms with van der Waals surface area (Å²) in [5.74, 6) is -0.112. The highest BCUT2D eigenvalue weighted by Gasteiger charge is 2.34. The van der Waals surface area contributed by atoms with Crippen LogP contribution in [-0.2, 0) is 16.0 Å². The van der Waals surface area contributed by atoms with Gasteiger partial charge in [0, 0.05) is 18.8 Å². The molecule has 1 atom stereocenters. The number of nitrogens with zero attached hydrogens (tertiary/aromatic N) is 4. The third-order valence-corrected chi connectivity index (χ3v) is 4.38. The molecule has 0 bridgehead atoms. The second-order valence-corrected chi connectivity index (χ2v) is 5.88. The first-order valence-corrected chi connectivity index (χ1v) is 7.96. The fraction of sp³-hybridized carbons (Fsp3) is 0.353. The zero-order valence-corrected chi connectivity index (χ0v) is 13.1. The molecule has 1 aromatic carbocycles. The first-order chi connectivity index (χ1) is 11.7. The summed E-state index contributed by atoms with van der Waals surface area (Å²) in [5.41, 5.74) is 2.14. The molecule has 4 rings (SSSR count). The van der Waals surface area contributed by atoms with Gasteiger partial charge in [-0.25, -0.2) is 14.4 Å². The van der Waals surface area contributed by atoms with Crippen molar-refractivity contribution in [1.82, 2.24) is 9.97 Å². The van der Waals surface area contributed by atoms with Crippen molar-refractivity contribution in [2.75, 3.05) is 36.0 Å². The number of anilines is 2. The van der Waals surface area contributed by atoms with Crippen LogP contribution in [0.2, 0.25) is 0 Å². The van der Waals surface area contributed by atoms with E-state index in [0.29, 0.717) is 32.2 Å². The van der Waals surface area contributed by atoms with Crippen molar-refractivity contribution in [2.45, 2.75) is 12.5 Å². The van der Waals surface area contributed by atoms with Crippen LogP contribution in [0.15, 0.2) is 36.7 Å². The van der Waals surface area contributed by atoms with E-state index in [9.17, 15) is 9.18 Å². The molecule has 0 aliphatic carbocycles. The van der Waals surface area contributed by atoms with E-state index in [1.807, 2.05) is 29.2 Å². The van der Waals surface area contributed by atoms with Crippen molar-refractivity contribution in [3.8, 4) is 0 Å². The number of fused-ring (bicyclic) bond motifs is 1. The molecule has 2 aliphatic rings. The quantitative estimate of drug-likeness (QED) is 0.834. The van der Waals surface area contributed by atoms with Gasteiger partial charge < -0.3 is 14.5 Å². The number of benzene rings is 1. The summed E-state index contributed by atoms with van der Waals surface area (Å²) in [7, 11) is 0. The van der Waals surface area contributed by atoms with Gasteiger partial charge in [0.2, 0.25) is 5.95 Å². The Morgan fingerprint density at radius 1 is 1.21 bits per heavy atom. The smallest absolute Gasteiger partial charge is 0.257 e. The van der Waals surface area contributed by atoms with Gasteiger partial charge in [-0.1, -0.05) is 18.2 Å². The Morgan fingerprint density at radius 3 is 2.83 bits per heavy atom. The van der Waals surface area contributed by atoms with Crippen LogP contribution < -0.4 is 9.80 Å². The van der Waals surface area contributed by atoms with Crippen LogP contribution in [0.25, 0.3) is 0 Å². The highest BCUT2D eigenvalue weighted by Crippen LogP contribution is 2.28. The van der Waals surface area contributed by atoms with Gasteiger partial charge in [-0.15, -0.1) is 0 Å². The Morgan fingerprint density at radius 2 is 2.00 bits per heavy atom. The minimum atomic E-state index is -0.571. The molecule has 0 saturated carbocycles. The van der Waals surface area contributed by atoms with Crippen molar-refractivity contribution in [2.24, 2.45) is 0 Å². The second kappa shape index (κ2) is 6.16. The summed E-state index contributed by atoms with van der Waals surface area (Å²) in [4.78, 5) is 24.5. The summed E-state index contributed by atoms with van der Waals surface area (Å²) in [5, 5.41) is 0. The van der Waals surface area contributed by atoms with E-state index < -0.39 is 11.9 Å². The van der Waals surface area contributed by atoms with Crippen molar-refractivity contribution < 1.29 is 13.9 Å². The average Bonchev–Trinajstić information content (AvgIpc) is 3.06. The largest absolute Gasteiger partial charge is 0.365 e. The zero-order valence-electron chi connectivity index (χ0n) is 13.1. The molecule has 1 aromatic heterocycles. The lowest BCUT2D eigenvalue weighted by Gasteiger charge is -2.34. The molecule has 2 aromatic rings. The molecule has 1 amide bonds. The fourth-order valence-corrected chi connectivity index (χ4v) is 3.19. The van der Waals surface area contributed by atoms with Gasteiger partial charge in [-0.3, -0.25) is 4.79 Å². The molecule has 124 valence electrons. The fourth-order valence-electron chi connectivity index (χ4n) is 3.19. The van der Waals surface area contributed by atoms with E-state index in [1.54, 1.807) is 4.90 Å².